The molecule has 0 spiro atoms. The van der Waals surface area contributed by atoms with Crippen molar-refractivity contribution in [1.82, 2.24) is 4.98 Å². The standard InChI is InChI=1S/C9H8FNO/c10-8-4-5-9(11-7-8)3-1-2-6-12/h4-5,7,12H,2,6H2. The average molecular weight is 165 g/mol. The summed E-state index contributed by atoms with van der Waals surface area (Å²) in [6.45, 7) is 0.0359. The van der Waals surface area contributed by atoms with Crippen LogP contribution in [0.3, 0.4) is 0 Å². The van der Waals surface area contributed by atoms with Crippen LogP contribution in [0.15, 0.2) is 18.3 Å². The molecule has 0 atom stereocenters. The zero-order valence-electron chi connectivity index (χ0n) is 6.42. The number of rotatable bonds is 1. The van der Waals surface area contributed by atoms with Gasteiger partial charge in [0.25, 0.3) is 0 Å². The summed E-state index contributed by atoms with van der Waals surface area (Å²) in [5.74, 6) is 5.00. The molecule has 1 N–H and O–H groups in total. The van der Waals surface area contributed by atoms with Crippen molar-refractivity contribution in [1.29, 1.82) is 0 Å². The van der Waals surface area contributed by atoms with Crippen molar-refractivity contribution in [2.45, 2.75) is 6.42 Å². The van der Waals surface area contributed by atoms with Gasteiger partial charge in [0, 0.05) is 6.42 Å². The molecule has 0 amide bonds. The first-order chi connectivity index (χ1) is 5.83. The minimum absolute atomic E-state index is 0.0359. The van der Waals surface area contributed by atoms with Crippen LogP contribution in [0.25, 0.3) is 0 Å². The number of aliphatic hydroxyl groups is 1. The summed E-state index contributed by atoms with van der Waals surface area (Å²) in [5, 5.41) is 8.41. The van der Waals surface area contributed by atoms with Crippen LogP contribution in [0.4, 0.5) is 4.39 Å². The van der Waals surface area contributed by atoms with Crippen molar-refractivity contribution in [2.24, 2.45) is 0 Å². The molecule has 0 saturated carbocycles. The lowest BCUT2D eigenvalue weighted by Crippen LogP contribution is -1.83. The topological polar surface area (TPSA) is 33.1 Å². The zero-order valence-corrected chi connectivity index (χ0v) is 6.42. The van der Waals surface area contributed by atoms with Crippen molar-refractivity contribution in [3.8, 4) is 11.8 Å². The predicted molar refractivity (Wildman–Crippen MR) is 42.8 cm³/mol. The molecule has 1 aromatic rings. The third-order valence-corrected chi connectivity index (χ3v) is 1.18. The number of aliphatic hydroxyl groups excluding tert-OH is 1. The molecule has 0 aliphatic heterocycles. The highest BCUT2D eigenvalue weighted by molar-refractivity contribution is 5.26. The van der Waals surface area contributed by atoms with Gasteiger partial charge >= 0.3 is 0 Å². The molecule has 3 heteroatoms. The lowest BCUT2D eigenvalue weighted by Gasteiger charge is -1.87. The molecule has 1 aromatic heterocycles. The van der Waals surface area contributed by atoms with E-state index in [0.717, 1.165) is 6.20 Å². The van der Waals surface area contributed by atoms with Gasteiger partial charge in [0.1, 0.15) is 11.5 Å². The van der Waals surface area contributed by atoms with Gasteiger partial charge in [-0.1, -0.05) is 5.92 Å². The average Bonchev–Trinajstić information content (AvgIpc) is 2.09. The first-order valence-corrected chi connectivity index (χ1v) is 3.54. The lowest BCUT2D eigenvalue weighted by molar-refractivity contribution is 0.305. The molecule has 2 nitrogen and oxygen atoms in total. The quantitative estimate of drug-likeness (QED) is 0.628. The van der Waals surface area contributed by atoms with Gasteiger partial charge in [0.15, 0.2) is 0 Å². The highest BCUT2D eigenvalue weighted by atomic mass is 19.1. The Bertz CT molecular complexity index is 297. The second-order valence-electron chi connectivity index (χ2n) is 2.14. The van der Waals surface area contributed by atoms with E-state index < -0.39 is 0 Å². The highest BCUT2D eigenvalue weighted by Crippen LogP contribution is 1.95. The van der Waals surface area contributed by atoms with Gasteiger partial charge < -0.3 is 5.11 Å². The van der Waals surface area contributed by atoms with E-state index >= 15 is 0 Å². The normalized spacial score (nSPS) is 8.83. The van der Waals surface area contributed by atoms with Gasteiger partial charge in [-0.3, -0.25) is 0 Å². The van der Waals surface area contributed by atoms with E-state index in [1.807, 2.05) is 0 Å². The Hall–Kier alpha value is -1.40. The Morgan fingerprint density at radius 2 is 2.33 bits per heavy atom. The van der Waals surface area contributed by atoms with Crippen LogP contribution in [0.5, 0.6) is 0 Å². The van der Waals surface area contributed by atoms with Crippen LogP contribution in [0.1, 0.15) is 12.1 Å². The minimum Gasteiger partial charge on any atom is -0.395 e. The van der Waals surface area contributed by atoms with Gasteiger partial charge in [-0.25, -0.2) is 9.37 Å². The molecule has 0 radical (unpaired) electrons. The van der Waals surface area contributed by atoms with E-state index in [4.69, 9.17) is 5.11 Å². The molecule has 0 aromatic carbocycles. The second kappa shape index (κ2) is 4.47. The highest BCUT2D eigenvalue weighted by Gasteiger charge is 1.88. The first kappa shape index (κ1) is 8.69. The maximum atomic E-state index is 12.3. The number of pyridine rings is 1. The fourth-order valence-corrected chi connectivity index (χ4v) is 0.659. The summed E-state index contributed by atoms with van der Waals surface area (Å²) in [6.07, 6.45) is 1.53. The SMILES string of the molecule is OCCC#Cc1ccc(F)cn1. The van der Waals surface area contributed by atoms with Crippen LogP contribution in [-0.2, 0) is 0 Å². The van der Waals surface area contributed by atoms with Gasteiger partial charge in [-0.2, -0.15) is 0 Å². The molecular weight excluding hydrogens is 157 g/mol. The maximum Gasteiger partial charge on any atom is 0.141 e. The van der Waals surface area contributed by atoms with Crippen molar-refractivity contribution >= 4 is 0 Å². The molecular formula is C9H8FNO. The summed E-state index contributed by atoms with van der Waals surface area (Å²) in [6, 6.07) is 2.80. The Kier molecular flexibility index (Phi) is 3.24. The molecule has 1 rings (SSSR count). The second-order valence-corrected chi connectivity index (χ2v) is 2.14. The Morgan fingerprint density at radius 3 is 2.92 bits per heavy atom. The molecule has 12 heavy (non-hydrogen) atoms. The Labute approximate surface area is 70.1 Å². The van der Waals surface area contributed by atoms with Crippen LogP contribution in [0.2, 0.25) is 0 Å². The number of hydrogen-bond acceptors (Lipinski definition) is 2. The first-order valence-electron chi connectivity index (χ1n) is 3.54. The summed E-state index contributed by atoms with van der Waals surface area (Å²) in [5.41, 5.74) is 0.518. The maximum absolute atomic E-state index is 12.3. The van der Waals surface area contributed by atoms with E-state index in [1.165, 1.54) is 12.1 Å². The molecule has 0 aliphatic carbocycles. The largest absolute Gasteiger partial charge is 0.395 e. The van der Waals surface area contributed by atoms with Gasteiger partial charge in [0.2, 0.25) is 0 Å². The summed E-state index contributed by atoms with van der Waals surface area (Å²) >= 11 is 0. The summed E-state index contributed by atoms with van der Waals surface area (Å²) < 4.78 is 12.3. The molecule has 0 fully saturated rings. The molecule has 0 bridgehead atoms. The van der Waals surface area contributed by atoms with E-state index in [1.54, 1.807) is 0 Å². The van der Waals surface area contributed by atoms with E-state index in [0.29, 0.717) is 12.1 Å². The molecule has 0 unspecified atom stereocenters. The van der Waals surface area contributed by atoms with Gasteiger partial charge in [-0.05, 0) is 18.1 Å². The Balaban J connectivity index is 2.66. The Morgan fingerprint density at radius 1 is 1.50 bits per heavy atom. The zero-order chi connectivity index (χ0) is 8.81. The van der Waals surface area contributed by atoms with Crippen LogP contribution >= 0.6 is 0 Å². The minimum atomic E-state index is -0.372. The molecule has 1 heterocycles. The van der Waals surface area contributed by atoms with E-state index in [9.17, 15) is 4.39 Å². The number of halogens is 1. The van der Waals surface area contributed by atoms with E-state index in [-0.39, 0.29) is 12.4 Å². The third-order valence-electron chi connectivity index (χ3n) is 1.18. The summed E-state index contributed by atoms with van der Waals surface area (Å²) in [7, 11) is 0. The molecule has 62 valence electrons. The smallest absolute Gasteiger partial charge is 0.141 e. The van der Waals surface area contributed by atoms with Crippen molar-refractivity contribution in [2.75, 3.05) is 6.61 Å². The van der Waals surface area contributed by atoms with E-state index in [2.05, 4.69) is 16.8 Å². The van der Waals surface area contributed by atoms with Crippen molar-refractivity contribution in [3.63, 3.8) is 0 Å². The number of nitrogens with zero attached hydrogens (tertiary/aromatic N) is 1. The van der Waals surface area contributed by atoms with Crippen LogP contribution in [0, 0.1) is 17.7 Å². The number of aromatic nitrogens is 1. The van der Waals surface area contributed by atoms with Gasteiger partial charge in [0.05, 0.1) is 12.8 Å². The third kappa shape index (κ3) is 2.69. The van der Waals surface area contributed by atoms with Crippen LogP contribution in [-0.4, -0.2) is 16.7 Å². The predicted octanol–water partition coefficient (Wildman–Crippen LogP) is 0.955. The molecule has 0 aliphatic rings. The van der Waals surface area contributed by atoms with Gasteiger partial charge in [-0.15, -0.1) is 0 Å². The summed E-state index contributed by atoms with van der Waals surface area (Å²) in [4.78, 5) is 3.72. The monoisotopic (exact) mass is 165 g/mol. The van der Waals surface area contributed by atoms with Crippen molar-refractivity contribution in [3.05, 3.63) is 29.8 Å². The fraction of sp³-hybridized carbons (Fsp3) is 0.222. The fourth-order valence-electron chi connectivity index (χ4n) is 0.659. The molecule has 0 saturated heterocycles. The van der Waals surface area contributed by atoms with Crippen molar-refractivity contribution < 1.29 is 9.50 Å². The lowest BCUT2D eigenvalue weighted by atomic mass is 10.3. The van der Waals surface area contributed by atoms with Crippen LogP contribution < -0.4 is 0 Å². The number of hydrogen-bond donors (Lipinski definition) is 1.